The molecule has 0 amide bonds. The van der Waals surface area contributed by atoms with Gasteiger partial charge in [0, 0.05) is 49.6 Å². The summed E-state index contributed by atoms with van der Waals surface area (Å²) in [6, 6.07) is 4.64. The molecule has 0 radical (unpaired) electrons. The summed E-state index contributed by atoms with van der Waals surface area (Å²) in [6.45, 7) is 9.70. The lowest BCUT2D eigenvalue weighted by molar-refractivity contribution is 0.227. The smallest absolute Gasteiger partial charge is 0.124 e. The van der Waals surface area contributed by atoms with Crippen LogP contribution in [0.25, 0.3) is 0 Å². The fourth-order valence-corrected chi connectivity index (χ4v) is 4.00. The number of hydrogen-bond donors (Lipinski definition) is 2. The Hall–Kier alpha value is -1.75. The zero-order chi connectivity index (χ0) is 16.0. The first-order valence-electron chi connectivity index (χ1n) is 8.58. The second kappa shape index (κ2) is 5.41. The van der Waals surface area contributed by atoms with Gasteiger partial charge in [-0.25, -0.2) is 4.68 Å². The normalized spacial score (nSPS) is 25.5. The minimum atomic E-state index is 0.287. The Kier molecular flexibility index (Phi) is 3.48. The van der Waals surface area contributed by atoms with Gasteiger partial charge in [-0.1, -0.05) is 13.8 Å². The van der Waals surface area contributed by atoms with Crippen molar-refractivity contribution in [2.24, 2.45) is 11.3 Å². The van der Waals surface area contributed by atoms with E-state index in [1.54, 1.807) is 0 Å². The monoisotopic (exact) mass is 314 g/mol. The van der Waals surface area contributed by atoms with Crippen LogP contribution in [0.1, 0.15) is 43.4 Å². The molecule has 0 bridgehead atoms. The van der Waals surface area contributed by atoms with Crippen LogP contribution in [0.5, 0.6) is 0 Å². The van der Waals surface area contributed by atoms with E-state index >= 15 is 0 Å². The lowest BCUT2D eigenvalue weighted by Crippen LogP contribution is -2.39. The maximum absolute atomic E-state index is 5.93. The van der Waals surface area contributed by atoms with Crippen molar-refractivity contribution in [1.82, 2.24) is 15.1 Å². The summed E-state index contributed by atoms with van der Waals surface area (Å²) in [6.07, 6.45) is 4.06. The molecular formula is C18H26N4O. The number of anilines is 1. The van der Waals surface area contributed by atoms with Gasteiger partial charge in [-0.3, -0.25) is 0 Å². The number of fused-ring (bicyclic) bond motifs is 2. The Labute approximate surface area is 137 Å². The Morgan fingerprint density at radius 3 is 3.22 bits per heavy atom. The van der Waals surface area contributed by atoms with Gasteiger partial charge in [0.25, 0.3) is 0 Å². The van der Waals surface area contributed by atoms with Crippen molar-refractivity contribution in [1.29, 1.82) is 0 Å². The summed E-state index contributed by atoms with van der Waals surface area (Å²) in [5.41, 5.74) is 1.65. The van der Waals surface area contributed by atoms with E-state index in [1.165, 1.54) is 11.3 Å². The third-order valence-electron chi connectivity index (χ3n) is 5.11. The molecule has 0 saturated carbocycles. The van der Waals surface area contributed by atoms with Gasteiger partial charge in [-0.2, -0.15) is 5.10 Å². The van der Waals surface area contributed by atoms with E-state index in [0.717, 1.165) is 44.1 Å². The molecule has 124 valence electrons. The van der Waals surface area contributed by atoms with Crippen LogP contribution >= 0.6 is 0 Å². The van der Waals surface area contributed by atoms with E-state index in [1.807, 2.05) is 19.2 Å². The van der Waals surface area contributed by atoms with Gasteiger partial charge in [0.05, 0.1) is 6.20 Å². The first-order valence-corrected chi connectivity index (χ1v) is 8.58. The van der Waals surface area contributed by atoms with Gasteiger partial charge in [0.15, 0.2) is 0 Å². The quantitative estimate of drug-likeness (QED) is 0.914. The van der Waals surface area contributed by atoms with E-state index in [0.29, 0.717) is 12.0 Å². The Morgan fingerprint density at radius 2 is 2.35 bits per heavy atom. The maximum atomic E-state index is 5.93. The van der Waals surface area contributed by atoms with E-state index in [2.05, 4.69) is 40.3 Å². The molecule has 23 heavy (non-hydrogen) atoms. The summed E-state index contributed by atoms with van der Waals surface area (Å²) in [5.74, 6) is 3.89. The molecule has 0 saturated heterocycles. The molecule has 5 nitrogen and oxygen atoms in total. The first-order chi connectivity index (χ1) is 11.0. The summed E-state index contributed by atoms with van der Waals surface area (Å²) >= 11 is 0. The van der Waals surface area contributed by atoms with Gasteiger partial charge in [0.2, 0.25) is 0 Å². The van der Waals surface area contributed by atoms with Crippen LogP contribution in [0.15, 0.2) is 22.7 Å². The van der Waals surface area contributed by atoms with Crippen LogP contribution in [-0.4, -0.2) is 22.9 Å². The molecule has 3 heterocycles. The van der Waals surface area contributed by atoms with Crippen molar-refractivity contribution < 1.29 is 4.42 Å². The highest BCUT2D eigenvalue weighted by molar-refractivity contribution is 5.35. The van der Waals surface area contributed by atoms with Crippen molar-refractivity contribution in [2.75, 3.05) is 18.4 Å². The summed E-state index contributed by atoms with van der Waals surface area (Å²) in [5, 5.41) is 11.6. The van der Waals surface area contributed by atoms with Crippen molar-refractivity contribution in [3.8, 4) is 0 Å². The van der Waals surface area contributed by atoms with E-state index < -0.39 is 0 Å². The maximum Gasteiger partial charge on any atom is 0.124 e. The third-order valence-corrected chi connectivity index (χ3v) is 5.11. The molecule has 2 aliphatic rings. The molecule has 2 aromatic rings. The SMILES string of the molecule is Cc1cc2c(o1)CC(C)(C)CC2NCC1CNc2ccnn2C1. The predicted octanol–water partition coefficient (Wildman–Crippen LogP) is 3.13. The Morgan fingerprint density at radius 1 is 1.48 bits per heavy atom. The first kappa shape index (κ1) is 14.8. The zero-order valence-corrected chi connectivity index (χ0v) is 14.2. The number of aryl methyl sites for hydroxylation is 1. The van der Waals surface area contributed by atoms with Crippen LogP contribution in [0, 0.1) is 18.3 Å². The summed E-state index contributed by atoms with van der Waals surface area (Å²) in [4.78, 5) is 0. The zero-order valence-electron chi connectivity index (χ0n) is 14.2. The van der Waals surface area contributed by atoms with Crippen molar-refractivity contribution in [3.63, 3.8) is 0 Å². The lowest BCUT2D eigenvalue weighted by atomic mass is 9.74. The molecule has 5 heteroatoms. The molecule has 1 aliphatic carbocycles. The number of nitrogens with zero attached hydrogens (tertiary/aromatic N) is 2. The molecule has 2 atom stereocenters. The second-order valence-corrected chi connectivity index (χ2v) is 7.89. The standard InChI is InChI=1S/C18H26N4O/c1-12-6-14-15(7-18(2,3)8-16(14)23-12)19-9-13-10-20-17-4-5-21-22(17)11-13/h4-6,13,15,19-20H,7-11H2,1-3H3. The lowest BCUT2D eigenvalue weighted by Gasteiger charge is -2.36. The van der Waals surface area contributed by atoms with E-state index in [4.69, 9.17) is 4.42 Å². The third kappa shape index (κ3) is 2.90. The number of hydrogen-bond acceptors (Lipinski definition) is 4. The molecule has 0 fully saturated rings. The van der Waals surface area contributed by atoms with Gasteiger partial charge in [-0.05, 0) is 24.8 Å². The Bertz CT molecular complexity index is 700. The predicted molar refractivity (Wildman–Crippen MR) is 90.5 cm³/mol. The molecule has 2 aromatic heterocycles. The number of rotatable bonds is 3. The highest BCUT2D eigenvalue weighted by Crippen LogP contribution is 2.42. The highest BCUT2D eigenvalue weighted by Gasteiger charge is 2.35. The van der Waals surface area contributed by atoms with Crippen LogP contribution in [0.3, 0.4) is 0 Å². The van der Waals surface area contributed by atoms with Crippen LogP contribution < -0.4 is 10.6 Å². The highest BCUT2D eigenvalue weighted by atomic mass is 16.3. The van der Waals surface area contributed by atoms with Gasteiger partial charge < -0.3 is 15.1 Å². The van der Waals surface area contributed by atoms with Gasteiger partial charge >= 0.3 is 0 Å². The molecular weight excluding hydrogens is 288 g/mol. The van der Waals surface area contributed by atoms with Crippen LogP contribution in [0.4, 0.5) is 5.82 Å². The average molecular weight is 314 g/mol. The fourth-order valence-electron chi connectivity index (χ4n) is 4.00. The van der Waals surface area contributed by atoms with Gasteiger partial charge in [-0.15, -0.1) is 0 Å². The fraction of sp³-hybridized carbons (Fsp3) is 0.611. The molecule has 4 rings (SSSR count). The minimum Gasteiger partial charge on any atom is -0.466 e. The van der Waals surface area contributed by atoms with Crippen molar-refractivity contribution in [3.05, 3.63) is 35.4 Å². The largest absolute Gasteiger partial charge is 0.466 e. The van der Waals surface area contributed by atoms with Gasteiger partial charge in [0.1, 0.15) is 17.3 Å². The number of aromatic nitrogens is 2. The average Bonchev–Trinajstić information content (AvgIpc) is 3.08. The molecule has 1 aliphatic heterocycles. The molecule has 2 N–H and O–H groups in total. The van der Waals surface area contributed by atoms with Crippen molar-refractivity contribution >= 4 is 5.82 Å². The minimum absolute atomic E-state index is 0.287. The van der Waals surface area contributed by atoms with Crippen LogP contribution in [0.2, 0.25) is 0 Å². The summed E-state index contributed by atoms with van der Waals surface area (Å²) in [7, 11) is 0. The topological polar surface area (TPSA) is 55.0 Å². The molecule has 0 spiro atoms. The van der Waals surface area contributed by atoms with E-state index in [-0.39, 0.29) is 5.41 Å². The Balaban J connectivity index is 1.45. The second-order valence-electron chi connectivity index (χ2n) is 7.89. The molecule has 0 aromatic carbocycles. The van der Waals surface area contributed by atoms with Crippen molar-refractivity contribution in [2.45, 2.75) is 46.2 Å². The van der Waals surface area contributed by atoms with E-state index in [9.17, 15) is 0 Å². The molecule has 2 unspecified atom stereocenters. The number of nitrogens with one attached hydrogen (secondary N) is 2. The number of furan rings is 1. The van der Waals surface area contributed by atoms with Crippen LogP contribution in [-0.2, 0) is 13.0 Å². The summed E-state index contributed by atoms with van der Waals surface area (Å²) < 4.78 is 8.00.